The number of thioether (sulfide) groups is 1. The molecule has 0 atom stereocenters. The van der Waals surface area contributed by atoms with E-state index in [1.54, 1.807) is 12.0 Å². The number of carbonyl (C=O) groups excluding carboxylic acids is 1. The molecule has 4 rings (SSSR count). The number of hydrogen-bond donors (Lipinski definition) is 0. The lowest BCUT2D eigenvalue weighted by Crippen LogP contribution is -2.27. The molecule has 0 spiro atoms. The Morgan fingerprint density at radius 3 is 2.38 bits per heavy atom. The number of benzene rings is 3. The number of carbonyl (C=O) groups is 1. The summed E-state index contributed by atoms with van der Waals surface area (Å²) in [5, 5.41) is 0. The lowest BCUT2D eigenvalue weighted by Gasteiger charge is -2.15. The Morgan fingerprint density at radius 2 is 1.71 bits per heavy atom. The van der Waals surface area contributed by atoms with Crippen LogP contribution >= 0.6 is 55.8 Å². The number of methoxy groups -OCH3 is 1. The fourth-order valence-electron chi connectivity index (χ4n) is 3.36. The van der Waals surface area contributed by atoms with E-state index in [9.17, 15) is 4.79 Å². The summed E-state index contributed by atoms with van der Waals surface area (Å²) in [5.41, 5.74) is 4.08. The lowest BCUT2D eigenvalue weighted by molar-refractivity contribution is -0.122. The fraction of sp³-hybridized carbons (Fsp3) is 0.154. The van der Waals surface area contributed by atoms with Gasteiger partial charge in [-0.15, -0.1) is 0 Å². The van der Waals surface area contributed by atoms with Crippen LogP contribution in [0.25, 0.3) is 6.08 Å². The van der Waals surface area contributed by atoms with Crippen molar-refractivity contribution in [1.29, 1.82) is 0 Å². The molecule has 0 bridgehead atoms. The zero-order valence-electron chi connectivity index (χ0n) is 18.5. The molecule has 1 amide bonds. The minimum Gasteiger partial charge on any atom is -0.493 e. The summed E-state index contributed by atoms with van der Waals surface area (Å²) in [6, 6.07) is 19.8. The van der Waals surface area contributed by atoms with E-state index in [2.05, 4.69) is 31.9 Å². The molecule has 1 aliphatic rings. The number of hydrogen-bond acceptors (Lipinski definition) is 5. The summed E-state index contributed by atoms with van der Waals surface area (Å²) in [6.45, 7) is 2.90. The monoisotopic (exact) mass is 617 g/mol. The first-order valence-electron chi connectivity index (χ1n) is 10.4. The van der Waals surface area contributed by atoms with Crippen molar-refractivity contribution in [2.75, 3.05) is 7.11 Å². The molecule has 1 aliphatic heterocycles. The molecule has 4 nitrogen and oxygen atoms in total. The molecule has 1 fully saturated rings. The Kier molecular flexibility index (Phi) is 8.14. The summed E-state index contributed by atoms with van der Waals surface area (Å²) < 4.78 is 13.9. The molecule has 3 aromatic carbocycles. The molecule has 0 radical (unpaired) electrons. The number of rotatable bonds is 7. The van der Waals surface area contributed by atoms with Gasteiger partial charge in [0.1, 0.15) is 10.9 Å². The first kappa shape index (κ1) is 25.0. The third kappa shape index (κ3) is 5.92. The number of thiocarbonyl (C=S) groups is 1. The van der Waals surface area contributed by atoms with Crippen LogP contribution in [0.2, 0.25) is 0 Å². The van der Waals surface area contributed by atoms with Gasteiger partial charge in [0.15, 0.2) is 11.5 Å². The number of aryl methyl sites for hydroxylation is 1. The SMILES string of the molecule is COc1cc(/C=C2\SC(=S)N(Cc3ccc(C)cc3)C2=O)cc(Br)c1OCc1ccc(Br)cc1. The molecule has 174 valence electrons. The van der Waals surface area contributed by atoms with Gasteiger partial charge in [0.05, 0.1) is 23.0 Å². The van der Waals surface area contributed by atoms with Crippen LogP contribution in [0.5, 0.6) is 11.5 Å². The standard InChI is InChI=1S/C26H21Br2NO3S2/c1-16-3-5-17(6-4-16)14-29-25(30)23(34-26(29)33)13-19-11-21(28)24(22(12-19)31-2)32-15-18-7-9-20(27)10-8-18/h3-13H,14-15H2,1-2H3/b23-13-. The van der Waals surface area contributed by atoms with Gasteiger partial charge in [-0.05, 0) is 69.9 Å². The topological polar surface area (TPSA) is 38.8 Å². The van der Waals surface area contributed by atoms with E-state index in [0.29, 0.717) is 33.9 Å². The van der Waals surface area contributed by atoms with Crippen molar-refractivity contribution in [1.82, 2.24) is 4.90 Å². The van der Waals surface area contributed by atoms with Crippen LogP contribution in [-0.4, -0.2) is 22.2 Å². The number of ether oxygens (including phenoxy) is 2. The van der Waals surface area contributed by atoms with Crippen LogP contribution in [0.15, 0.2) is 74.5 Å². The Balaban J connectivity index is 1.52. The molecule has 34 heavy (non-hydrogen) atoms. The van der Waals surface area contributed by atoms with Crippen LogP contribution < -0.4 is 9.47 Å². The van der Waals surface area contributed by atoms with E-state index in [4.69, 9.17) is 21.7 Å². The van der Waals surface area contributed by atoms with Crippen LogP contribution in [-0.2, 0) is 17.9 Å². The molecule has 3 aromatic rings. The molecule has 8 heteroatoms. The highest BCUT2D eigenvalue weighted by Gasteiger charge is 2.32. The second-order valence-electron chi connectivity index (χ2n) is 7.70. The van der Waals surface area contributed by atoms with Crippen LogP contribution in [0.4, 0.5) is 0 Å². The van der Waals surface area contributed by atoms with E-state index < -0.39 is 0 Å². The van der Waals surface area contributed by atoms with Crippen molar-refractivity contribution in [3.05, 3.63) is 96.8 Å². The second-order valence-corrected chi connectivity index (χ2v) is 11.1. The minimum absolute atomic E-state index is 0.0961. The van der Waals surface area contributed by atoms with Gasteiger partial charge < -0.3 is 9.47 Å². The summed E-state index contributed by atoms with van der Waals surface area (Å²) in [4.78, 5) is 15.3. The summed E-state index contributed by atoms with van der Waals surface area (Å²) in [6.07, 6.45) is 1.83. The predicted molar refractivity (Wildman–Crippen MR) is 149 cm³/mol. The third-order valence-corrected chi connectivity index (χ3v) is 7.68. The lowest BCUT2D eigenvalue weighted by atomic mass is 10.1. The highest BCUT2D eigenvalue weighted by atomic mass is 79.9. The van der Waals surface area contributed by atoms with Crippen LogP contribution in [0, 0.1) is 6.92 Å². The molecule has 0 unspecified atom stereocenters. The van der Waals surface area contributed by atoms with Crippen LogP contribution in [0.1, 0.15) is 22.3 Å². The Morgan fingerprint density at radius 1 is 1.03 bits per heavy atom. The zero-order chi connectivity index (χ0) is 24.2. The molecule has 0 N–H and O–H groups in total. The van der Waals surface area contributed by atoms with Crippen molar-refractivity contribution in [3.8, 4) is 11.5 Å². The Hall–Kier alpha value is -2.13. The number of nitrogens with zero attached hydrogens (tertiary/aromatic N) is 1. The zero-order valence-corrected chi connectivity index (χ0v) is 23.3. The summed E-state index contributed by atoms with van der Waals surface area (Å²) in [7, 11) is 1.60. The van der Waals surface area contributed by atoms with Crippen molar-refractivity contribution in [2.24, 2.45) is 0 Å². The van der Waals surface area contributed by atoms with Gasteiger partial charge in [-0.25, -0.2) is 0 Å². The first-order chi connectivity index (χ1) is 16.3. The van der Waals surface area contributed by atoms with Crippen molar-refractivity contribution in [2.45, 2.75) is 20.1 Å². The highest BCUT2D eigenvalue weighted by Crippen LogP contribution is 2.40. The van der Waals surface area contributed by atoms with E-state index in [1.807, 2.05) is 73.7 Å². The van der Waals surface area contributed by atoms with Gasteiger partial charge in [0, 0.05) is 4.47 Å². The summed E-state index contributed by atoms with van der Waals surface area (Å²) >= 11 is 13.8. The van der Waals surface area contributed by atoms with Gasteiger partial charge in [0.25, 0.3) is 5.91 Å². The van der Waals surface area contributed by atoms with Gasteiger partial charge in [-0.3, -0.25) is 9.69 Å². The van der Waals surface area contributed by atoms with E-state index in [1.165, 1.54) is 17.3 Å². The highest BCUT2D eigenvalue weighted by molar-refractivity contribution is 9.10. The molecule has 0 aliphatic carbocycles. The Labute approximate surface area is 225 Å². The minimum atomic E-state index is -0.0961. The average molecular weight is 619 g/mol. The van der Waals surface area contributed by atoms with Gasteiger partial charge >= 0.3 is 0 Å². The molecule has 0 saturated carbocycles. The van der Waals surface area contributed by atoms with E-state index in [0.717, 1.165) is 25.6 Å². The molecular formula is C26H21Br2NO3S2. The first-order valence-corrected chi connectivity index (χ1v) is 13.2. The second kappa shape index (κ2) is 11.1. The maximum Gasteiger partial charge on any atom is 0.266 e. The molecule has 0 aromatic heterocycles. The van der Waals surface area contributed by atoms with Gasteiger partial charge in [-0.2, -0.15) is 0 Å². The molecular weight excluding hydrogens is 598 g/mol. The van der Waals surface area contributed by atoms with E-state index in [-0.39, 0.29) is 5.91 Å². The van der Waals surface area contributed by atoms with Crippen molar-refractivity contribution < 1.29 is 14.3 Å². The van der Waals surface area contributed by atoms with Gasteiger partial charge in [0.2, 0.25) is 0 Å². The number of amides is 1. The number of halogens is 2. The molecule has 1 saturated heterocycles. The van der Waals surface area contributed by atoms with Gasteiger partial charge in [-0.1, -0.05) is 81.9 Å². The quantitative estimate of drug-likeness (QED) is 0.202. The smallest absolute Gasteiger partial charge is 0.266 e. The van der Waals surface area contributed by atoms with Crippen molar-refractivity contribution in [3.63, 3.8) is 0 Å². The average Bonchev–Trinajstić information content (AvgIpc) is 3.07. The largest absolute Gasteiger partial charge is 0.493 e. The maximum atomic E-state index is 13.1. The van der Waals surface area contributed by atoms with Crippen LogP contribution in [0.3, 0.4) is 0 Å². The maximum absolute atomic E-state index is 13.1. The van der Waals surface area contributed by atoms with Crippen molar-refractivity contribution >= 4 is 72.1 Å². The third-order valence-electron chi connectivity index (χ3n) is 5.18. The fourth-order valence-corrected chi connectivity index (χ4v) is 5.46. The Bertz CT molecular complexity index is 1260. The normalized spacial score (nSPS) is 14.7. The van der Waals surface area contributed by atoms with E-state index >= 15 is 0 Å². The molecule has 1 heterocycles. The summed E-state index contributed by atoms with van der Waals surface area (Å²) in [5.74, 6) is 1.09. The predicted octanol–water partition coefficient (Wildman–Crippen LogP) is 7.51.